The fourth-order valence-corrected chi connectivity index (χ4v) is 1.97. The summed E-state index contributed by atoms with van der Waals surface area (Å²) in [6, 6.07) is 7.62. The van der Waals surface area contributed by atoms with Crippen LogP contribution in [0, 0.1) is 16.6 Å². The fourth-order valence-electron chi connectivity index (χ4n) is 1.97. The van der Waals surface area contributed by atoms with Gasteiger partial charge < -0.3 is 4.74 Å². The summed E-state index contributed by atoms with van der Waals surface area (Å²) in [6.07, 6.45) is 6.56. The summed E-state index contributed by atoms with van der Waals surface area (Å²) in [5.41, 5.74) is 1.44. The number of halogens is 1. The summed E-state index contributed by atoms with van der Waals surface area (Å²) in [5.74, 6) is -0.0268. The lowest BCUT2D eigenvalue weighted by molar-refractivity contribution is 0.227. The molecule has 1 aromatic carbocycles. The third kappa shape index (κ3) is 5.24. The Balaban J connectivity index is 1.98. The second-order valence-corrected chi connectivity index (χ2v) is 5.41. The van der Waals surface area contributed by atoms with Gasteiger partial charge in [0.25, 0.3) is 0 Å². The molecule has 0 aliphatic rings. The van der Waals surface area contributed by atoms with Crippen molar-refractivity contribution >= 4 is 11.4 Å². The minimum atomic E-state index is -0.313. The minimum absolute atomic E-state index is 0.124. The van der Waals surface area contributed by atoms with Crippen LogP contribution in [0.15, 0.2) is 61.0 Å². The molecule has 1 heterocycles. The number of hydrogen-bond donors (Lipinski definition) is 2. The molecule has 0 bridgehead atoms. The highest BCUT2D eigenvalue weighted by Gasteiger charge is 2.06. The second kappa shape index (κ2) is 8.73. The molecule has 0 aliphatic heterocycles. The standard InChI is InChI=1S/C19H21FN4O/c1-3-4-13-25-14(2)17(21)9-10-18(22)19-11-12-24(23-19)16-7-5-15(20)6-8-16/h5-12,21-22H,2-4,13H2,1H3/b10-9-,21-17?,22-18?. The van der Waals surface area contributed by atoms with E-state index in [1.54, 1.807) is 29.1 Å². The van der Waals surface area contributed by atoms with Gasteiger partial charge in [0.1, 0.15) is 17.3 Å². The maximum atomic E-state index is 13.0. The van der Waals surface area contributed by atoms with E-state index in [-0.39, 0.29) is 23.0 Å². The lowest BCUT2D eigenvalue weighted by Gasteiger charge is -2.06. The van der Waals surface area contributed by atoms with Crippen LogP contribution in [0.4, 0.5) is 4.39 Å². The van der Waals surface area contributed by atoms with E-state index in [1.165, 1.54) is 24.3 Å². The van der Waals surface area contributed by atoms with Gasteiger partial charge in [0.2, 0.25) is 0 Å². The first-order valence-corrected chi connectivity index (χ1v) is 8.00. The van der Waals surface area contributed by atoms with Gasteiger partial charge in [-0.3, -0.25) is 10.8 Å². The van der Waals surface area contributed by atoms with Gasteiger partial charge in [-0.25, -0.2) is 9.07 Å². The van der Waals surface area contributed by atoms with Crippen LogP contribution in [-0.2, 0) is 4.74 Å². The van der Waals surface area contributed by atoms with E-state index in [4.69, 9.17) is 15.6 Å². The average molecular weight is 340 g/mol. The van der Waals surface area contributed by atoms with Crippen molar-refractivity contribution in [2.45, 2.75) is 19.8 Å². The summed E-state index contributed by atoms with van der Waals surface area (Å²) in [5, 5.41) is 20.2. The Morgan fingerprint density at radius 1 is 1.24 bits per heavy atom. The molecule has 2 rings (SSSR count). The summed E-state index contributed by atoms with van der Waals surface area (Å²) in [4.78, 5) is 0. The Hall–Kier alpha value is -3.02. The van der Waals surface area contributed by atoms with E-state index in [9.17, 15) is 4.39 Å². The lowest BCUT2D eigenvalue weighted by atomic mass is 10.2. The molecule has 5 nitrogen and oxygen atoms in total. The van der Waals surface area contributed by atoms with Crippen LogP contribution < -0.4 is 0 Å². The predicted octanol–water partition coefficient (Wildman–Crippen LogP) is 4.29. The van der Waals surface area contributed by atoms with E-state index in [0.29, 0.717) is 18.0 Å². The van der Waals surface area contributed by atoms with Crippen molar-refractivity contribution in [2.24, 2.45) is 0 Å². The molecular weight excluding hydrogens is 319 g/mol. The Morgan fingerprint density at radius 2 is 1.96 bits per heavy atom. The Bertz CT molecular complexity index is 790. The van der Waals surface area contributed by atoms with Crippen LogP contribution in [0.5, 0.6) is 0 Å². The maximum absolute atomic E-state index is 13.0. The molecule has 130 valence electrons. The first-order chi connectivity index (χ1) is 12.0. The third-order valence-corrected chi connectivity index (χ3v) is 3.45. The average Bonchev–Trinajstić information content (AvgIpc) is 3.10. The van der Waals surface area contributed by atoms with Gasteiger partial charge in [0.15, 0.2) is 0 Å². The van der Waals surface area contributed by atoms with E-state index in [1.807, 2.05) is 0 Å². The van der Waals surface area contributed by atoms with Crippen LogP contribution in [0.3, 0.4) is 0 Å². The molecule has 0 radical (unpaired) electrons. The molecule has 0 fully saturated rings. The van der Waals surface area contributed by atoms with E-state index < -0.39 is 0 Å². The number of allylic oxidation sites excluding steroid dienone is 2. The quantitative estimate of drug-likeness (QED) is 0.406. The van der Waals surface area contributed by atoms with Gasteiger partial charge in [0, 0.05) is 6.20 Å². The number of aromatic nitrogens is 2. The number of ether oxygens (including phenoxy) is 1. The van der Waals surface area contributed by atoms with Gasteiger partial charge in [-0.05, 0) is 48.9 Å². The summed E-state index contributed by atoms with van der Waals surface area (Å²) >= 11 is 0. The van der Waals surface area contributed by atoms with E-state index >= 15 is 0 Å². The lowest BCUT2D eigenvalue weighted by Crippen LogP contribution is -2.04. The molecule has 0 atom stereocenters. The second-order valence-electron chi connectivity index (χ2n) is 5.41. The largest absolute Gasteiger partial charge is 0.492 e. The third-order valence-electron chi connectivity index (χ3n) is 3.45. The molecule has 25 heavy (non-hydrogen) atoms. The molecule has 0 amide bonds. The minimum Gasteiger partial charge on any atom is -0.492 e. The van der Waals surface area contributed by atoms with Crippen molar-refractivity contribution < 1.29 is 9.13 Å². The molecular formula is C19H21FN4O. The van der Waals surface area contributed by atoms with Crippen LogP contribution in [0.2, 0.25) is 0 Å². The molecule has 0 unspecified atom stereocenters. The van der Waals surface area contributed by atoms with Crippen LogP contribution in [-0.4, -0.2) is 27.8 Å². The smallest absolute Gasteiger partial charge is 0.137 e. The normalized spacial score (nSPS) is 10.8. The summed E-state index contributed by atoms with van der Waals surface area (Å²) in [6.45, 7) is 6.30. The van der Waals surface area contributed by atoms with E-state index in [0.717, 1.165) is 12.8 Å². The van der Waals surface area contributed by atoms with Gasteiger partial charge >= 0.3 is 0 Å². The zero-order valence-corrected chi connectivity index (χ0v) is 14.1. The Kier molecular flexibility index (Phi) is 6.39. The number of rotatable bonds is 9. The van der Waals surface area contributed by atoms with Crippen molar-refractivity contribution in [3.05, 3.63) is 72.5 Å². The number of nitrogens with one attached hydrogen (secondary N) is 2. The molecule has 0 saturated heterocycles. The highest BCUT2D eigenvalue weighted by molar-refractivity contribution is 6.12. The molecule has 6 heteroatoms. The maximum Gasteiger partial charge on any atom is 0.137 e. The number of hydrogen-bond acceptors (Lipinski definition) is 4. The van der Waals surface area contributed by atoms with Crippen molar-refractivity contribution in [1.82, 2.24) is 9.78 Å². The van der Waals surface area contributed by atoms with Crippen molar-refractivity contribution in [2.75, 3.05) is 6.61 Å². The number of nitrogens with zero attached hydrogens (tertiary/aromatic N) is 2. The van der Waals surface area contributed by atoms with Gasteiger partial charge in [-0.15, -0.1) is 0 Å². The molecule has 2 N–H and O–H groups in total. The van der Waals surface area contributed by atoms with Crippen LogP contribution in [0.25, 0.3) is 5.69 Å². The molecule has 2 aromatic rings. The van der Waals surface area contributed by atoms with Crippen LogP contribution in [0.1, 0.15) is 25.5 Å². The fraction of sp³-hybridized carbons (Fsp3) is 0.211. The summed E-state index contributed by atoms with van der Waals surface area (Å²) in [7, 11) is 0. The number of unbranched alkanes of at least 4 members (excludes halogenated alkanes) is 1. The van der Waals surface area contributed by atoms with Gasteiger partial charge in [0.05, 0.1) is 23.7 Å². The number of benzene rings is 1. The van der Waals surface area contributed by atoms with Gasteiger partial charge in [-0.2, -0.15) is 5.10 Å². The highest BCUT2D eigenvalue weighted by atomic mass is 19.1. The van der Waals surface area contributed by atoms with Gasteiger partial charge in [-0.1, -0.05) is 19.9 Å². The Morgan fingerprint density at radius 3 is 2.64 bits per heavy atom. The first-order valence-electron chi connectivity index (χ1n) is 8.00. The monoisotopic (exact) mass is 340 g/mol. The Labute approximate surface area is 146 Å². The first kappa shape index (κ1) is 18.3. The molecule has 0 spiro atoms. The molecule has 0 saturated carbocycles. The van der Waals surface area contributed by atoms with Crippen molar-refractivity contribution in [3.63, 3.8) is 0 Å². The zero-order valence-electron chi connectivity index (χ0n) is 14.1. The topological polar surface area (TPSA) is 74.8 Å². The van der Waals surface area contributed by atoms with Crippen molar-refractivity contribution in [1.29, 1.82) is 10.8 Å². The molecule has 1 aromatic heterocycles. The zero-order chi connectivity index (χ0) is 18.2. The van der Waals surface area contributed by atoms with E-state index in [2.05, 4.69) is 18.6 Å². The predicted molar refractivity (Wildman–Crippen MR) is 97.2 cm³/mol. The van der Waals surface area contributed by atoms with Crippen molar-refractivity contribution in [3.8, 4) is 5.69 Å². The van der Waals surface area contributed by atoms with Crippen LogP contribution >= 0.6 is 0 Å². The SMILES string of the molecule is C=C(OCCCC)C(=N)/C=C\C(=N)c1ccn(-c2ccc(F)cc2)n1. The summed E-state index contributed by atoms with van der Waals surface area (Å²) < 4.78 is 19.9. The molecule has 0 aliphatic carbocycles. The highest BCUT2D eigenvalue weighted by Crippen LogP contribution is 2.10.